The van der Waals surface area contributed by atoms with Crippen LogP contribution in [0.3, 0.4) is 0 Å². The van der Waals surface area contributed by atoms with Crippen LogP contribution in [0.2, 0.25) is 0 Å². The molecule has 0 spiro atoms. The van der Waals surface area contributed by atoms with E-state index < -0.39 is 6.36 Å². The lowest BCUT2D eigenvalue weighted by Crippen LogP contribution is -2.17. The van der Waals surface area contributed by atoms with E-state index in [0.29, 0.717) is 24.0 Å². The van der Waals surface area contributed by atoms with Gasteiger partial charge in [-0.15, -0.1) is 18.3 Å². The molecular weight excluding hydrogens is 397 g/mol. The zero-order valence-corrected chi connectivity index (χ0v) is 16.1. The normalized spacial score (nSPS) is 12.3. The Morgan fingerprint density at radius 3 is 2.43 bits per heavy atom. The maximum atomic E-state index is 12.3. The molecule has 3 rings (SSSR count). The summed E-state index contributed by atoms with van der Waals surface area (Å²) in [4.78, 5) is 7.07. The van der Waals surface area contributed by atoms with E-state index in [1.165, 1.54) is 35.3 Å². The minimum Gasteiger partial charge on any atom is -0.406 e. The molecule has 10 heteroatoms. The highest BCUT2D eigenvalue weighted by molar-refractivity contribution is 5.55. The minimum atomic E-state index is -4.73. The second-order valence-electron chi connectivity index (χ2n) is 6.52. The van der Waals surface area contributed by atoms with Crippen molar-refractivity contribution in [3.8, 4) is 22.8 Å². The average Bonchev–Trinajstić information content (AvgIpc) is 3.21. The van der Waals surface area contributed by atoms with Gasteiger partial charge in [-0.3, -0.25) is 0 Å². The zero-order valence-electron chi connectivity index (χ0n) is 16.1. The van der Waals surface area contributed by atoms with Crippen molar-refractivity contribution in [3.05, 3.63) is 70.9 Å². The summed E-state index contributed by atoms with van der Waals surface area (Å²) in [6, 6.07) is 13.2. The summed E-state index contributed by atoms with van der Waals surface area (Å²) in [5.74, 6) is 0.500. The predicted molar refractivity (Wildman–Crippen MR) is 105 cm³/mol. The molecule has 30 heavy (non-hydrogen) atoms. The lowest BCUT2D eigenvalue weighted by atomic mass is 9.92. The van der Waals surface area contributed by atoms with Crippen molar-refractivity contribution in [3.63, 3.8) is 0 Å². The van der Waals surface area contributed by atoms with Crippen LogP contribution in [-0.4, -0.2) is 27.7 Å². The molecule has 3 aromatic rings. The summed E-state index contributed by atoms with van der Waals surface area (Å²) < 4.78 is 42.1. The largest absolute Gasteiger partial charge is 0.573 e. The van der Waals surface area contributed by atoms with Gasteiger partial charge in [0.1, 0.15) is 12.1 Å². The molecule has 0 amide bonds. The van der Waals surface area contributed by atoms with E-state index in [1.54, 1.807) is 0 Å². The molecule has 1 unspecified atom stereocenters. The molecule has 0 saturated carbocycles. The summed E-state index contributed by atoms with van der Waals surface area (Å²) in [6.07, 6.45) is -1.52. The number of nitrogens with zero attached hydrogens (tertiary/aromatic N) is 6. The number of azide groups is 1. The van der Waals surface area contributed by atoms with Gasteiger partial charge in [0.25, 0.3) is 0 Å². The third-order valence-corrected chi connectivity index (χ3v) is 4.60. The number of ether oxygens (including phenoxy) is 1. The number of halogens is 3. The fourth-order valence-corrected chi connectivity index (χ4v) is 3.09. The highest BCUT2D eigenvalue weighted by Gasteiger charge is 2.31. The van der Waals surface area contributed by atoms with Crippen LogP contribution in [-0.2, 0) is 0 Å². The lowest BCUT2D eigenvalue weighted by molar-refractivity contribution is -0.274. The van der Waals surface area contributed by atoms with Crippen LogP contribution in [0.4, 0.5) is 13.2 Å². The Hall–Kier alpha value is -3.52. The summed E-state index contributed by atoms with van der Waals surface area (Å²) in [5.41, 5.74) is 10.9. The Labute approximate surface area is 170 Å². The fourth-order valence-electron chi connectivity index (χ4n) is 3.09. The number of hydrogen-bond donors (Lipinski definition) is 0. The van der Waals surface area contributed by atoms with Crippen LogP contribution in [0.15, 0.2) is 60.0 Å². The van der Waals surface area contributed by atoms with E-state index in [1.807, 2.05) is 24.3 Å². The average molecular weight is 416 g/mol. The molecule has 7 nitrogen and oxygen atoms in total. The number of benzene rings is 2. The Morgan fingerprint density at radius 1 is 1.13 bits per heavy atom. The smallest absolute Gasteiger partial charge is 0.406 e. The van der Waals surface area contributed by atoms with Gasteiger partial charge in [0.15, 0.2) is 5.82 Å². The monoisotopic (exact) mass is 416 g/mol. The van der Waals surface area contributed by atoms with E-state index >= 15 is 0 Å². The Kier molecular flexibility index (Phi) is 6.58. The number of hydrogen-bond acceptors (Lipinski definition) is 4. The third kappa shape index (κ3) is 5.51. The van der Waals surface area contributed by atoms with E-state index in [9.17, 15) is 13.2 Å². The van der Waals surface area contributed by atoms with Crippen molar-refractivity contribution in [1.82, 2.24) is 14.8 Å². The van der Waals surface area contributed by atoms with Crippen molar-refractivity contribution >= 4 is 0 Å². The molecule has 0 aliphatic heterocycles. The van der Waals surface area contributed by atoms with Crippen LogP contribution in [0.1, 0.15) is 31.2 Å². The molecule has 0 fully saturated rings. The second-order valence-corrected chi connectivity index (χ2v) is 6.52. The van der Waals surface area contributed by atoms with E-state index in [-0.39, 0.29) is 5.75 Å². The molecule has 0 aliphatic rings. The quantitative estimate of drug-likeness (QED) is 0.255. The maximum Gasteiger partial charge on any atom is 0.573 e. The SMILES string of the molecule is CCC(CCN=[N+]=[N-])c1ccc(-c2ncn(-c3ccc(OC(F)(F)F)cc3)n2)cc1. The number of aromatic nitrogens is 3. The topological polar surface area (TPSA) is 88.7 Å². The van der Waals surface area contributed by atoms with Gasteiger partial charge in [-0.05, 0) is 54.1 Å². The molecule has 0 radical (unpaired) electrons. The fraction of sp³-hybridized carbons (Fsp3) is 0.300. The maximum absolute atomic E-state index is 12.3. The van der Waals surface area contributed by atoms with Gasteiger partial charge in [0, 0.05) is 17.0 Å². The molecule has 156 valence electrons. The first-order valence-corrected chi connectivity index (χ1v) is 9.28. The molecule has 2 aromatic carbocycles. The molecule has 0 bridgehead atoms. The third-order valence-electron chi connectivity index (χ3n) is 4.60. The summed E-state index contributed by atoms with van der Waals surface area (Å²) in [7, 11) is 0. The minimum absolute atomic E-state index is 0.298. The molecule has 1 aromatic heterocycles. The molecule has 0 aliphatic carbocycles. The van der Waals surface area contributed by atoms with Gasteiger partial charge in [-0.1, -0.05) is 36.3 Å². The highest BCUT2D eigenvalue weighted by atomic mass is 19.4. The summed E-state index contributed by atoms with van der Waals surface area (Å²) >= 11 is 0. The van der Waals surface area contributed by atoms with Gasteiger partial charge < -0.3 is 4.74 Å². The Morgan fingerprint density at radius 2 is 1.83 bits per heavy atom. The van der Waals surface area contributed by atoms with Gasteiger partial charge in [-0.25, -0.2) is 9.67 Å². The van der Waals surface area contributed by atoms with Crippen molar-refractivity contribution in [2.45, 2.75) is 32.0 Å². The van der Waals surface area contributed by atoms with Gasteiger partial charge in [0.2, 0.25) is 0 Å². The van der Waals surface area contributed by atoms with Crippen LogP contribution in [0.25, 0.3) is 27.5 Å². The molecule has 0 saturated heterocycles. The first-order chi connectivity index (χ1) is 14.4. The van der Waals surface area contributed by atoms with Crippen LogP contribution >= 0.6 is 0 Å². The Balaban J connectivity index is 1.72. The van der Waals surface area contributed by atoms with E-state index in [0.717, 1.165) is 24.0 Å². The Bertz CT molecular complexity index is 1010. The predicted octanol–water partition coefficient (Wildman–Crippen LogP) is 6.03. The van der Waals surface area contributed by atoms with Crippen LogP contribution in [0, 0.1) is 0 Å². The molecule has 1 heterocycles. The first-order valence-electron chi connectivity index (χ1n) is 9.28. The van der Waals surface area contributed by atoms with E-state index in [2.05, 4.69) is 31.8 Å². The van der Waals surface area contributed by atoms with Gasteiger partial charge >= 0.3 is 6.36 Å². The summed E-state index contributed by atoms with van der Waals surface area (Å²) in [6.45, 7) is 2.54. The van der Waals surface area contributed by atoms with Crippen LogP contribution < -0.4 is 4.74 Å². The number of alkyl halides is 3. The molecular formula is C20H19F3N6O. The van der Waals surface area contributed by atoms with Crippen molar-refractivity contribution in [1.29, 1.82) is 0 Å². The van der Waals surface area contributed by atoms with E-state index in [4.69, 9.17) is 5.53 Å². The molecule has 1 atom stereocenters. The second kappa shape index (κ2) is 9.32. The van der Waals surface area contributed by atoms with Gasteiger partial charge in [-0.2, -0.15) is 0 Å². The van der Waals surface area contributed by atoms with Crippen LogP contribution in [0.5, 0.6) is 5.75 Å². The zero-order chi connectivity index (χ0) is 21.6. The number of rotatable bonds is 8. The summed E-state index contributed by atoms with van der Waals surface area (Å²) in [5, 5.41) is 8.00. The van der Waals surface area contributed by atoms with Crippen molar-refractivity contribution < 1.29 is 17.9 Å². The van der Waals surface area contributed by atoms with Gasteiger partial charge in [0.05, 0.1) is 5.69 Å². The molecule has 0 N–H and O–H groups in total. The lowest BCUT2D eigenvalue weighted by Gasteiger charge is -2.14. The standard InChI is InChI=1S/C20H19F3N6O/c1-2-14(11-12-26-28-24)15-3-5-16(6-4-15)19-25-13-29(27-19)17-7-9-18(10-8-17)30-20(21,22)23/h3-10,13-14H,2,11-12H2,1H3. The van der Waals surface area contributed by atoms with Crippen molar-refractivity contribution in [2.24, 2.45) is 5.11 Å². The van der Waals surface area contributed by atoms with Crippen molar-refractivity contribution in [2.75, 3.05) is 6.54 Å². The highest BCUT2D eigenvalue weighted by Crippen LogP contribution is 2.26. The first kappa shape index (κ1) is 21.2.